The number of hydrogen-bond donors (Lipinski definition) is 1. The minimum absolute atomic E-state index is 0.592. The van der Waals surface area contributed by atoms with E-state index in [-0.39, 0.29) is 0 Å². The summed E-state index contributed by atoms with van der Waals surface area (Å²) in [6.07, 6.45) is 8.31. The largest absolute Gasteiger partial charge is 0.312 e. The van der Waals surface area contributed by atoms with Crippen molar-refractivity contribution in [2.45, 2.75) is 92.2 Å². The van der Waals surface area contributed by atoms with Gasteiger partial charge in [0.1, 0.15) is 0 Å². The van der Waals surface area contributed by atoms with E-state index in [1.807, 2.05) is 0 Å². The molecule has 0 aromatic carbocycles. The zero-order valence-electron chi connectivity index (χ0n) is 13.6. The molecule has 3 unspecified atom stereocenters. The van der Waals surface area contributed by atoms with E-state index in [1.165, 1.54) is 38.5 Å². The van der Waals surface area contributed by atoms with Crippen molar-refractivity contribution in [1.29, 1.82) is 0 Å². The fourth-order valence-electron chi connectivity index (χ4n) is 4.15. The van der Waals surface area contributed by atoms with Crippen LogP contribution in [0.1, 0.15) is 80.1 Å². The average Bonchev–Trinajstić information content (AvgIpc) is 2.36. The van der Waals surface area contributed by atoms with Gasteiger partial charge < -0.3 is 5.32 Å². The van der Waals surface area contributed by atoms with Crippen LogP contribution in [0, 0.1) is 17.3 Å². The molecule has 18 heavy (non-hydrogen) atoms. The summed E-state index contributed by atoms with van der Waals surface area (Å²) in [5.41, 5.74) is 0.592. The van der Waals surface area contributed by atoms with Gasteiger partial charge in [-0.25, -0.2) is 0 Å². The second-order valence-corrected chi connectivity index (χ2v) is 6.97. The summed E-state index contributed by atoms with van der Waals surface area (Å²) in [5.74, 6) is 1.73. The zero-order chi connectivity index (χ0) is 13.8. The third-order valence-electron chi connectivity index (χ3n) is 5.58. The quantitative estimate of drug-likeness (QED) is 0.702. The Labute approximate surface area is 115 Å². The van der Waals surface area contributed by atoms with E-state index in [0.29, 0.717) is 11.5 Å². The Morgan fingerprint density at radius 1 is 1.06 bits per heavy atom. The van der Waals surface area contributed by atoms with Crippen LogP contribution in [0.5, 0.6) is 0 Å². The first kappa shape index (κ1) is 16.0. The van der Waals surface area contributed by atoms with Crippen LogP contribution in [0.25, 0.3) is 0 Å². The molecule has 1 fully saturated rings. The Kier molecular flexibility index (Phi) is 6.17. The summed E-state index contributed by atoms with van der Waals surface area (Å²) >= 11 is 0. The average molecular weight is 253 g/mol. The minimum atomic E-state index is 0.592. The molecule has 1 N–H and O–H groups in total. The second kappa shape index (κ2) is 6.93. The zero-order valence-corrected chi connectivity index (χ0v) is 13.6. The molecule has 1 rings (SSSR count). The maximum absolute atomic E-state index is 3.79. The topological polar surface area (TPSA) is 12.0 Å². The molecule has 1 saturated carbocycles. The fourth-order valence-corrected chi connectivity index (χ4v) is 4.15. The summed E-state index contributed by atoms with van der Waals surface area (Å²) in [6.45, 7) is 14.3. The molecule has 1 aliphatic rings. The van der Waals surface area contributed by atoms with Crippen LogP contribution in [0.2, 0.25) is 0 Å². The molecular weight excluding hydrogens is 218 g/mol. The molecule has 0 aromatic rings. The summed E-state index contributed by atoms with van der Waals surface area (Å²) in [7, 11) is 0. The molecule has 0 spiro atoms. The summed E-state index contributed by atoms with van der Waals surface area (Å²) in [6, 6.07) is 1.38. The third-order valence-corrected chi connectivity index (χ3v) is 5.58. The first-order valence-corrected chi connectivity index (χ1v) is 8.22. The van der Waals surface area contributed by atoms with Gasteiger partial charge in [0.2, 0.25) is 0 Å². The molecule has 0 aromatic heterocycles. The molecule has 0 bridgehead atoms. The predicted octanol–water partition coefficient (Wildman–Crippen LogP) is 5.01. The summed E-state index contributed by atoms with van der Waals surface area (Å²) in [4.78, 5) is 0. The SMILES string of the molecule is CCC(C)C1(C(C)CC)CCCC(NC(C)C)C1. The Bertz CT molecular complexity index is 224. The van der Waals surface area contributed by atoms with Crippen LogP contribution < -0.4 is 5.32 Å². The van der Waals surface area contributed by atoms with Gasteiger partial charge in [-0.3, -0.25) is 0 Å². The van der Waals surface area contributed by atoms with E-state index in [2.05, 4.69) is 46.9 Å². The molecule has 0 radical (unpaired) electrons. The highest BCUT2D eigenvalue weighted by Crippen LogP contribution is 2.50. The smallest absolute Gasteiger partial charge is 0.00749 e. The van der Waals surface area contributed by atoms with Crippen molar-refractivity contribution in [2.75, 3.05) is 0 Å². The van der Waals surface area contributed by atoms with Gasteiger partial charge in [0.25, 0.3) is 0 Å². The molecule has 108 valence electrons. The predicted molar refractivity (Wildman–Crippen MR) is 81.9 cm³/mol. The van der Waals surface area contributed by atoms with Crippen molar-refractivity contribution in [3.8, 4) is 0 Å². The van der Waals surface area contributed by atoms with Crippen LogP contribution in [-0.2, 0) is 0 Å². The van der Waals surface area contributed by atoms with Crippen LogP contribution >= 0.6 is 0 Å². The highest BCUT2D eigenvalue weighted by atomic mass is 14.9. The highest BCUT2D eigenvalue weighted by molar-refractivity contribution is 4.95. The van der Waals surface area contributed by atoms with E-state index in [9.17, 15) is 0 Å². The lowest BCUT2D eigenvalue weighted by molar-refractivity contribution is 0.0198. The molecule has 0 aliphatic heterocycles. The summed E-state index contributed by atoms with van der Waals surface area (Å²) < 4.78 is 0. The van der Waals surface area contributed by atoms with Crippen LogP contribution in [0.3, 0.4) is 0 Å². The molecule has 0 heterocycles. The number of rotatable bonds is 6. The van der Waals surface area contributed by atoms with Crippen molar-refractivity contribution in [3.05, 3.63) is 0 Å². The Morgan fingerprint density at radius 2 is 1.61 bits per heavy atom. The molecular formula is C17H35N. The van der Waals surface area contributed by atoms with Crippen LogP contribution in [0.4, 0.5) is 0 Å². The fraction of sp³-hybridized carbons (Fsp3) is 1.00. The normalized spacial score (nSPS) is 32.5. The van der Waals surface area contributed by atoms with E-state index in [4.69, 9.17) is 0 Å². The van der Waals surface area contributed by atoms with Gasteiger partial charge in [0.15, 0.2) is 0 Å². The van der Waals surface area contributed by atoms with Crippen LogP contribution in [-0.4, -0.2) is 12.1 Å². The van der Waals surface area contributed by atoms with Gasteiger partial charge >= 0.3 is 0 Å². The van der Waals surface area contributed by atoms with Crippen molar-refractivity contribution in [2.24, 2.45) is 17.3 Å². The van der Waals surface area contributed by atoms with E-state index >= 15 is 0 Å². The molecule has 0 amide bonds. The maximum Gasteiger partial charge on any atom is 0.00749 e. The molecule has 1 heteroatoms. The standard InChI is InChI=1S/C17H35N/c1-7-14(5)17(15(6)8-2)11-9-10-16(12-17)18-13(3)4/h13-16,18H,7-12H2,1-6H3. The minimum Gasteiger partial charge on any atom is -0.312 e. The van der Waals surface area contributed by atoms with Gasteiger partial charge in [0, 0.05) is 12.1 Å². The first-order chi connectivity index (χ1) is 8.46. The van der Waals surface area contributed by atoms with Crippen molar-refractivity contribution in [1.82, 2.24) is 5.32 Å². The third kappa shape index (κ3) is 3.50. The van der Waals surface area contributed by atoms with Crippen molar-refractivity contribution >= 4 is 0 Å². The second-order valence-electron chi connectivity index (χ2n) is 6.97. The lowest BCUT2D eigenvalue weighted by Gasteiger charge is -2.49. The van der Waals surface area contributed by atoms with Crippen molar-refractivity contribution < 1.29 is 0 Å². The van der Waals surface area contributed by atoms with Gasteiger partial charge in [-0.2, -0.15) is 0 Å². The molecule has 3 atom stereocenters. The van der Waals surface area contributed by atoms with E-state index in [0.717, 1.165) is 17.9 Å². The monoisotopic (exact) mass is 253 g/mol. The Balaban J connectivity index is 2.82. The molecule has 1 nitrogen and oxygen atoms in total. The first-order valence-electron chi connectivity index (χ1n) is 8.22. The van der Waals surface area contributed by atoms with Gasteiger partial charge in [-0.15, -0.1) is 0 Å². The lowest BCUT2D eigenvalue weighted by atomic mass is 9.57. The molecule has 1 aliphatic carbocycles. The maximum atomic E-state index is 3.79. The van der Waals surface area contributed by atoms with Gasteiger partial charge in [-0.1, -0.05) is 60.8 Å². The van der Waals surface area contributed by atoms with Crippen LogP contribution in [0.15, 0.2) is 0 Å². The number of hydrogen-bond acceptors (Lipinski definition) is 1. The molecule has 0 saturated heterocycles. The van der Waals surface area contributed by atoms with Gasteiger partial charge in [-0.05, 0) is 36.5 Å². The van der Waals surface area contributed by atoms with E-state index < -0.39 is 0 Å². The Morgan fingerprint density at radius 3 is 2.06 bits per heavy atom. The van der Waals surface area contributed by atoms with E-state index in [1.54, 1.807) is 0 Å². The summed E-state index contributed by atoms with van der Waals surface area (Å²) in [5, 5.41) is 3.79. The number of nitrogens with one attached hydrogen (secondary N) is 1. The van der Waals surface area contributed by atoms with Crippen molar-refractivity contribution in [3.63, 3.8) is 0 Å². The lowest BCUT2D eigenvalue weighted by Crippen LogP contribution is -2.47. The van der Waals surface area contributed by atoms with Gasteiger partial charge in [0.05, 0.1) is 0 Å². The Hall–Kier alpha value is -0.0400. The highest BCUT2D eigenvalue weighted by Gasteiger charge is 2.43.